The van der Waals surface area contributed by atoms with E-state index in [-0.39, 0.29) is 0 Å². The standard InChI is InChI=1S/C19H23N5/c1-13-20-17-11-16(14-7-5-4-6-8-14)22-18(17)19(21-13)24-10-9-15(12-24)23(2)3/h4-8,11,15,22H,9-10,12H2,1-3H3/t15-/m1/s1. The van der Waals surface area contributed by atoms with Gasteiger partial charge in [-0.15, -0.1) is 0 Å². The van der Waals surface area contributed by atoms with Crippen molar-refractivity contribution in [3.05, 3.63) is 42.2 Å². The summed E-state index contributed by atoms with van der Waals surface area (Å²) in [5, 5.41) is 0. The molecule has 4 rings (SSSR count). The lowest BCUT2D eigenvalue weighted by Crippen LogP contribution is -2.31. The van der Waals surface area contributed by atoms with Gasteiger partial charge in [-0.1, -0.05) is 30.3 Å². The number of H-pyrrole nitrogens is 1. The minimum absolute atomic E-state index is 0.582. The maximum Gasteiger partial charge on any atom is 0.156 e. The van der Waals surface area contributed by atoms with E-state index in [1.54, 1.807) is 0 Å². The van der Waals surface area contributed by atoms with Gasteiger partial charge in [0.2, 0.25) is 0 Å². The third-order valence-corrected chi connectivity index (χ3v) is 4.85. The molecule has 0 unspecified atom stereocenters. The maximum atomic E-state index is 4.75. The molecule has 5 nitrogen and oxygen atoms in total. The molecule has 1 saturated heterocycles. The van der Waals surface area contributed by atoms with E-state index in [2.05, 4.69) is 64.2 Å². The molecule has 1 N–H and O–H groups in total. The Bertz CT molecular complexity index is 853. The third-order valence-electron chi connectivity index (χ3n) is 4.85. The van der Waals surface area contributed by atoms with E-state index in [4.69, 9.17) is 4.98 Å². The number of anilines is 1. The van der Waals surface area contributed by atoms with Crippen LogP contribution in [0.5, 0.6) is 0 Å². The zero-order chi connectivity index (χ0) is 16.7. The molecule has 0 bridgehead atoms. The van der Waals surface area contributed by atoms with E-state index in [1.165, 1.54) is 12.0 Å². The SMILES string of the molecule is Cc1nc(N2CC[C@@H](N(C)C)C2)c2[nH]c(-c3ccccc3)cc2n1. The first-order chi connectivity index (χ1) is 11.6. The molecule has 124 valence electrons. The molecule has 0 aliphatic carbocycles. The summed E-state index contributed by atoms with van der Waals surface area (Å²) in [5.41, 5.74) is 4.30. The second-order valence-electron chi connectivity index (χ2n) is 6.76. The summed E-state index contributed by atoms with van der Waals surface area (Å²) in [6, 6.07) is 13.1. The third kappa shape index (κ3) is 2.65. The molecule has 5 heteroatoms. The fourth-order valence-electron chi connectivity index (χ4n) is 3.47. The Hall–Kier alpha value is -2.40. The second kappa shape index (κ2) is 5.91. The van der Waals surface area contributed by atoms with Gasteiger partial charge in [0, 0.05) is 24.8 Å². The number of nitrogens with one attached hydrogen (secondary N) is 1. The van der Waals surface area contributed by atoms with Crippen molar-refractivity contribution < 1.29 is 0 Å². The summed E-state index contributed by atoms with van der Waals surface area (Å²) in [4.78, 5) is 17.6. The first-order valence-corrected chi connectivity index (χ1v) is 8.46. The monoisotopic (exact) mass is 321 g/mol. The fourth-order valence-corrected chi connectivity index (χ4v) is 3.47. The first kappa shape index (κ1) is 15.1. The van der Waals surface area contributed by atoms with Crippen LogP contribution in [0.15, 0.2) is 36.4 Å². The average Bonchev–Trinajstić information content (AvgIpc) is 3.22. The molecular weight excluding hydrogens is 298 g/mol. The lowest BCUT2D eigenvalue weighted by Gasteiger charge is -2.21. The van der Waals surface area contributed by atoms with Gasteiger partial charge in [0.25, 0.3) is 0 Å². The topological polar surface area (TPSA) is 48.1 Å². The van der Waals surface area contributed by atoms with Crippen LogP contribution in [0, 0.1) is 6.92 Å². The van der Waals surface area contributed by atoms with E-state index >= 15 is 0 Å². The van der Waals surface area contributed by atoms with E-state index in [0.717, 1.165) is 41.5 Å². The number of rotatable bonds is 3. The summed E-state index contributed by atoms with van der Waals surface area (Å²) in [7, 11) is 4.30. The predicted octanol–water partition coefficient (Wildman–Crippen LogP) is 3.07. The van der Waals surface area contributed by atoms with Crippen LogP contribution in [0.1, 0.15) is 12.2 Å². The molecule has 2 aromatic heterocycles. The molecule has 1 aliphatic heterocycles. The predicted molar refractivity (Wildman–Crippen MR) is 98.4 cm³/mol. The van der Waals surface area contributed by atoms with Crippen LogP contribution in [-0.2, 0) is 0 Å². The number of likely N-dealkylation sites (N-methyl/N-ethyl adjacent to an activating group) is 1. The van der Waals surface area contributed by atoms with Crippen LogP contribution < -0.4 is 4.90 Å². The van der Waals surface area contributed by atoms with Gasteiger partial charge in [0.1, 0.15) is 11.3 Å². The second-order valence-corrected chi connectivity index (χ2v) is 6.76. The van der Waals surface area contributed by atoms with Crippen LogP contribution in [0.2, 0.25) is 0 Å². The number of hydrogen-bond acceptors (Lipinski definition) is 4. The molecule has 0 spiro atoms. The Balaban J connectivity index is 1.77. The fraction of sp³-hybridized carbons (Fsp3) is 0.368. The number of benzene rings is 1. The van der Waals surface area contributed by atoms with Gasteiger partial charge < -0.3 is 14.8 Å². The zero-order valence-corrected chi connectivity index (χ0v) is 14.5. The Morgan fingerprint density at radius 2 is 1.96 bits per heavy atom. The molecule has 0 saturated carbocycles. The van der Waals surface area contributed by atoms with Crippen molar-refractivity contribution in [3.63, 3.8) is 0 Å². The molecule has 0 radical (unpaired) electrons. The number of nitrogens with zero attached hydrogens (tertiary/aromatic N) is 4. The molecule has 1 aliphatic rings. The van der Waals surface area contributed by atoms with Gasteiger partial charge >= 0.3 is 0 Å². The molecular formula is C19H23N5. The molecule has 1 fully saturated rings. The van der Waals surface area contributed by atoms with E-state index in [9.17, 15) is 0 Å². The molecule has 3 heterocycles. The normalized spacial score (nSPS) is 18.0. The molecule has 1 atom stereocenters. The smallest absolute Gasteiger partial charge is 0.156 e. The van der Waals surface area contributed by atoms with E-state index < -0.39 is 0 Å². The van der Waals surface area contributed by atoms with Crippen LogP contribution in [0.25, 0.3) is 22.3 Å². The maximum absolute atomic E-state index is 4.75. The van der Waals surface area contributed by atoms with Crippen LogP contribution in [0.4, 0.5) is 5.82 Å². The number of aromatic amines is 1. The summed E-state index contributed by atoms with van der Waals surface area (Å²) < 4.78 is 0. The highest BCUT2D eigenvalue weighted by atomic mass is 15.3. The van der Waals surface area contributed by atoms with Crippen molar-refractivity contribution in [1.82, 2.24) is 19.9 Å². The van der Waals surface area contributed by atoms with Gasteiger partial charge in [-0.3, -0.25) is 0 Å². The highest BCUT2D eigenvalue weighted by Crippen LogP contribution is 2.30. The Kier molecular flexibility index (Phi) is 3.73. The Labute approximate surface area is 142 Å². The van der Waals surface area contributed by atoms with Crippen LogP contribution >= 0.6 is 0 Å². The average molecular weight is 321 g/mol. The first-order valence-electron chi connectivity index (χ1n) is 8.46. The number of hydrogen-bond donors (Lipinski definition) is 1. The molecule has 1 aromatic carbocycles. The molecule has 3 aromatic rings. The van der Waals surface area contributed by atoms with Gasteiger partial charge in [-0.25, -0.2) is 9.97 Å². The van der Waals surface area contributed by atoms with Crippen molar-refractivity contribution >= 4 is 16.9 Å². The van der Waals surface area contributed by atoms with Crippen molar-refractivity contribution in [2.75, 3.05) is 32.1 Å². The number of aromatic nitrogens is 3. The highest BCUT2D eigenvalue weighted by molar-refractivity contribution is 5.91. The van der Waals surface area contributed by atoms with Gasteiger partial charge in [-0.05, 0) is 39.1 Å². The molecule has 24 heavy (non-hydrogen) atoms. The summed E-state index contributed by atoms with van der Waals surface area (Å²) >= 11 is 0. The summed E-state index contributed by atoms with van der Waals surface area (Å²) in [5.74, 6) is 1.86. The van der Waals surface area contributed by atoms with Crippen LogP contribution in [-0.4, -0.2) is 53.1 Å². The Morgan fingerprint density at radius 1 is 1.17 bits per heavy atom. The highest BCUT2D eigenvalue weighted by Gasteiger charge is 2.27. The minimum Gasteiger partial charge on any atom is -0.353 e. The van der Waals surface area contributed by atoms with E-state index in [0.29, 0.717) is 6.04 Å². The lowest BCUT2D eigenvalue weighted by atomic mass is 10.2. The number of aryl methyl sites for hydroxylation is 1. The van der Waals surface area contributed by atoms with Crippen molar-refractivity contribution in [3.8, 4) is 11.3 Å². The van der Waals surface area contributed by atoms with E-state index in [1.807, 2.05) is 13.0 Å². The van der Waals surface area contributed by atoms with Crippen molar-refractivity contribution in [2.24, 2.45) is 0 Å². The largest absolute Gasteiger partial charge is 0.353 e. The Morgan fingerprint density at radius 3 is 2.67 bits per heavy atom. The van der Waals surface area contributed by atoms with Crippen molar-refractivity contribution in [2.45, 2.75) is 19.4 Å². The van der Waals surface area contributed by atoms with Crippen LogP contribution in [0.3, 0.4) is 0 Å². The van der Waals surface area contributed by atoms with Gasteiger partial charge in [-0.2, -0.15) is 0 Å². The molecule has 0 amide bonds. The summed E-state index contributed by atoms with van der Waals surface area (Å²) in [6.45, 7) is 4.02. The van der Waals surface area contributed by atoms with Gasteiger partial charge in [0.15, 0.2) is 5.82 Å². The minimum atomic E-state index is 0.582. The lowest BCUT2D eigenvalue weighted by molar-refractivity contribution is 0.315. The quantitative estimate of drug-likeness (QED) is 0.805. The number of fused-ring (bicyclic) bond motifs is 1. The van der Waals surface area contributed by atoms with Gasteiger partial charge in [0.05, 0.1) is 5.52 Å². The van der Waals surface area contributed by atoms with Crippen molar-refractivity contribution in [1.29, 1.82) is 0 Å². The summed E-state index contributed by atoms with van der Waals surface area (Å²) in [6.07, 6.45) is 1.17. The zero-order valence-electron chi connectivity index (χ0n) is 14.5.